The Kier molecular flexibility index (Phi) is 2.71. The van der Waals surface area contributed by atoms with Crippen LogP contribution in [-0.2, 0) is 4.79 Å². The summed E-state index contributed by atoms with van der Waals surface area (Å²) in [5, 5.41) is 2.02. The SMILES string of the molecule is Cc1ccc(C2C=C(C(F)(F)F)NC(=O)C23CC3)cc1. The second-order valence-corrected chi connectivity index (χ2v) is 5.58. The molecule has 1 amide bonds. The van der Waals surface area contributed by atoms with Crippen LogP contribution in [0.25, 0.3) is 0 Å². The Labute approximate surface area is 114 Å². The Balaban J connectivity index is 2.05. The lowest BCUT2D eigenvalue weighted by Crippen LogP contribution is -2.43. The van der Waals surface area contributed by atoms with Crippen molar-refractivity contribution in [2.45, 2.75) is 31.9 Å². The van der Waals surface area contributed by atoms with Crippen LogP contribution in [0.3, 0.4) is 0 Å². The molecule has 1 N–H and O–H groups in total. The van der Waals surface area contributed by atoms with E-state index in [2.05, 4.69) is 0 Å². The topological polar surface area (TPSA) is 29.1 Å². The number of hydrogen-bond donors (Lipinski definition) is 1. The van der Waals surface area contributed by atoms with E-state index in [0.29, 0.717) is 12.8 Å². The fourth-order valence-corrected chi connectivity index (χ4v) is 2.78. The van der Waals surface area contributed by atoms with Crippen LogP contribution in [-0.4, -0.2) is 12.1 Å². The molecule has 1 spiro atoms. The van der Waals surface area contributed by atoms with Gasteiger partial charge in [0.15, 0.2) is 0 Å². The summed E-state index contributed by atoms with van der Waals surface area (Å²) in [5.74, 6) is -0.994. The fourth-order valence-electron chi connectivity index (χ4n) is 2.78. The van der Waals surface area contributed by atoms with Crippen LogP contribution < -0.4 is 5.32 Å². The molecular weight excluding hydrogens is 267 g/mol. The van der Waals surface area contributed by atoms with Gasteiger partial charge in [-0.3, -0.25) is 4.79 Å². The van der Waals surface area contributed by atoms with Crippen molar-refractivity contribution in [1.29, 1.82) is 0 Å². The van der Waals surface area contributed by atoms with E-state index in [1.807, 2.05) is 36.5 Å². The zero-order valence-corrected chi connectivity index (χ0v) is 10.9. The quantitative estimate of drug-likeness (QED) is 0.839. The summed E-state index contributed by atoms with van der Waals surface area (Å²) in [4.78, 5) is 12.0. The van der Waals surface area contributed by atoms with E-state index in [9.17, 15) is 18.0 Å². The van der Waals surface area contributed by atoms with Gasteiger partial charge in [0.05, 0.1) is 5.41 Å². The van der Waals surface area contributed by atoms with Gasteiger partial charge in [-0.15, -0.1) is 0 Å². The van der Waals surface area contributed by atoms with Gasteiger partial charge >= 0.3 is 6.18 Å². The third-order valence-corrected chi connectivity index (χ3v) is 4.16. The summed E-state index contributed by atoms with van der Waals surface area (Å²) in [6.45, 7) is 1.92. The molecule has 1 aliphatic carbocycles. The van der Waals surface area contributed by atoms with E-state index in [0.717, 1.165) is 11.1 Å². The maximum absolute atomic E-state index is 12.9. The normalized spacial score (nSPS) is 24.3. The predicted molar refractivity (Wildman–Crippen MR) is 67.9 cm³/mol. The van der Waals surface area contributed by atoms with E-state index in [4.69, 9.17) is 0 Å². The molecule has 1 saturated carbocycles. The first-order chi connectivity index (χ1) is 9.33. The number of carbonyl (C=O) groups excluding carboxylic acids is 1. The van der Waals surface area contributed by atoms with Gasteiger partial charge in [0.25, 0.3) is 0 Å². The van der Waals surface area contributed by atoms with Crippen molar-refractivity contribution in [3.63, 3.8) is 0 Å². The Morgan fingerprint density at radius 2 is 1.80 bits per heavy atom. The summed E-state index contributed by atoms with van der Waals surface area (Å²) in [5.41, 5.74) is 0.193. The number of allylic oxidation sites excluding steroid dienone is 2. The number of hydrogen-bond acceptors (Lipinski definition) is 1. The summed E-state index contributed by atoms with van der Waals surface area (Å²) in [7, 11) is 0. The van der Waals surface area contributed by atoms with E-state index in [1.165, 1.54) is 6.08 Å². The third-order valence-electron chi connectivity index (χ3n) is 4.16. The zero-order valence-electron chi connectivity index (χ0n) is 10.9. The number of alkyl halides is 3. The first kappa shape index (κ1) is 13.2. The molecule has 1 unspecified atom stereocenters. The number of halogens is 3. The molecule has 1 atom stereocenters. The highest BCUT2D eigenvalue weighted by atomic mass is 19.4. The lowest BCUT2D eigenvalue weighted by molar-refractivity contribution is -0.133. The smallest absolute Gasteiger partial charge is 0.322 e. The van der Waals surface area contributed by atoms with E-state index >= 15 is 0 Å². The van der Waals surface area contributed by atoms with Gasteiger partial charge in [-0.1, -0.05) is 29.8 Å². The highest BCUT2D eigenvalue weighted by molar-refractivity contribution is 5.90. The van der Waals surface area contributed by atoms with Gasteiger partial charge in [0.2, 0.25) is 5.91 Å². The lowest BCUT2D eigenvalue weighted by Gasteiger charge is -2.31. The zero-order chi connectivity index (χ0) is 14.5. The highest BCUT2D eigenvalue weighted by Gasteiger charge is 2.59. The Hall–Kier alpha value is -1.78. The Morgan fingerprint density at radius 1 is 1.20 bits per heavy atom. The van der Waals surface area contributed by atoms with Crippen LogP contribution in [0, 0.1) is 12.3 Å². The van der Waals surface area contributed by atoms with Crippen molar-refractivity contribution < 1.29 is 18.0 Å². The van der Waals surface area contributed by atoms with Crippen LogP contribution in [0.5, 0.6) is 0 Å². The molecule has 2 aliphatic rings. The van der Waals surface area contributed by atoms with Crippen molar-refractivity contribution in [3.05, 3.63) is 47.2 Å². The van der Waals surface area contributed by atoms with E-state index in [-0.39, 0.29) is 0 Å². The average molecular weight is 281 g/mol. The summed E-state index contributed by atoms with van der Waals surface area (Å²) in [6, 6.07) is 7.34. The summed E-state index contributed by atoms with van der Waals surface area (Å²) < 4.78 is 38.6. The molecule has 5 heteroatoms. The highest BCUT2D eigenvalue weighted by Crippen LogP contribution is 2.59. The lowest BCUT2D eigenvalue weighted by atomic mass is 9.79. The van der Waals surface area contributed by atoms with Crippen molar-refractivity contribution in [2.24, 2.45) is 5.41 Å². The monoisotopic (exact) mass is 281 g/mol. The number of rotatable bonds is 1. The van der Waals surface area contributed by atoms with Crippen molar-refractivity contribution in [2.75, 3.05) is 0 Å². The molecule has 20 heavy (non-hydrogen) atoms. The first-order valence-corrected chi connectivity index (χ1v) is 6.50. The molecule has 1 aromatic rings. The maximum atomic E-state index is 12.9. The Bertz CT molecular complexity index is 582. The van der Waals surface area contributed by atoms with E-state index < -0.39 is 29.1 Å². The molecule has 0 radical (unpaired) electrons. The minimum atomic E-state index is -4.52. The average Bonchev–Trinajstić information content (AvgIpc) is 3.14. The first-order valence-electron chi connectivity index (χ1n) is 6.50. The molecule has 1 heterocycles. The molecule has 2 nitrogen and oxygen atoms in total. The van der Waals surface area contributed by atoms with Crippen molar-refractivity contribution >= 4 is 5.91 Å². The standard InChI is InChI=1S/C15H14F3NO/c1-9-2-4-10(5-3-9)11-8-12(15(16,17)18)19-13(20)14(11)6-7-14/h2-5,8,11H,6-7H2,1H3,(H,19,20). The maximum Gasteiger partial charge on any atom is 0.431 e. The van der Waals surface area contributed by atoms with Gasteiger partial charge in [-0.05, 0) is 31.4 Å². The second kappa shape index (κ2) is 4.11. The predicted octanol–water partition coefficient (Wildman–Crippen LogP) is 3.43. The number of nitrogens with one attached hydrogen (secondary N) is 1. The fraction of sp³-hybridized carbons (Fsp3) is 0.400. The minimum Gasteiger partial charge on any atom is -0.322 e. The molecule has 1 aromatic carbocycles. The molecule has 0 saturated heterocycles. The Morgan fingerprint density at radius 3 is 2.30 bits per heavy atom. The van der Waals surface area contributed by atoms with Crippen LogP contribution in [0.2, 0.25) is 0 Å². The second-order valence-electron chi connectivity index (χ2n) is 5.58. The van der Waals surface area contributed by atoms with Crippen LogP contribution >= 0.6 is 0 Å². The molecule has 3 rings (SSSR count). The van der Waals surface area contributed by atoms with Crippen LogP contribution in [0.1, 0.15) is 29.9 Å². The number of amides is 1. The number of aryl methyl sites for hydroxylation is 1. The van der Waals surface area contributed by atoms with E-state index in [1.54, 1.807) is 0 Å². The van der Waals surface area contributed by atoms with Crippen molar-refractivity contribution in [1.82, 2.24) is 5.32 Å². The largest absolute Gasteiger partial charge is 0.431 e. The van der Waals surface area contributed by atoms with Gasteiger partial charge in [-0.2, -0.15) is 13.2 Å². The van der Waals surface area contributed by atoms with Gasteiger partial charge < -0.3 is 5.32 Å². The van der Waals surface area contributed by atoms with Gasteiger partial charge in [-0.25, -0.2) is 0 Å². The number of carbonyl (C=O) groups is 1. The van der Waals surface area contributed by atoms with Crippen molar-refractivity contribution in [3.8, 4) is 0 Å². The molecule has 1 fully saturated rings. The molecular formula is C15H14F3NO. The molecule has 106 valence electrons. The minimum absolute atomic E-state index is 0.492. The third kappa shape index (κ3) is 2.01. The molecule has 0 aromatic heterocycles. The molecule has 1 aliphatic heterocycles. The van der Waals surface area contributed by atoms with Gasteiger partial charge in [0, 0.05) is 5.92 Å². The molecule has 0 bridgehead atoms. The number of benzene rings is 1. The summed E-state index contributed by atoms with van der Waals surface area (Å²) in [6.07, 6.45) is -2.08. The van der Waals surface area contributed by atoms with Crippen LogP contribution in [0.15, 0.2) is 36.0 Å². The summed E-state index contributed by atoms with van der Waals surface area (Å²) >= 11 is 0. The van der Waals surface area contributed by atoms with Gasteiger partial charge in [0.1, 0.15) is 5.70 Å². The van der Waals surface area contributed by atoms with Crippen LogP contribution in [0.4, 0.5) is 13.2 Å².